The van der Waals surface area contributed by atoms with Crippen LogP contribution < -0.4 is 4.72 Å². The Morgan fingerprint density at radius 1 is 1.31 bits per heavy atom. The molecule has 3 aliphatic rings. The van der Waals surface area contributed by atoms with Gasteiger partial charge >= 0.3 is 0 Å². The van der Waals surface area contributed by atoms with Gasteiger partial charge in [-0.2, -0.15) is 0 Å². The van der Waals surface area contributed by atoms with Crippen LogP contribution in [0.5, 0.6) is 0 Å². The number of rotatable bonds is 6. The second-order valence-electron chi connectivity index (χ2n) is 8.46. The maximum atomic E-state index is 13.0. The molecule has 142 valence electrons. The molecule has 1 N–H and O–H groups in total. The predicted molar refractivity (Wildman–Crippen MR) is 107 cm³/mol. The van der Waals surface area contributed by atoms with Gasteiger partial charge in [-0.15, -0.1) is 6.58 Å². The summed E-state index contributed by atoms with van der Waals surface area (Å²) in [5.41, 5.74) is 0.745. The summed E-state index contributed by atoms with van der Waals surface area (Å²) in [5, 5.41) is 0. The first kappa shape index (κ1) is 19.3. The first-order valence-corrected chi connectivity index (χ1v) is 10.6. The smallest absolute Gasteiger partial charge is 0.226 e. The summed E-state index contributed by atoms with van der Waals surface area (Å²) in [6.45, 7) is 10.3. The largest absolute Gasteiger partial charge is 0.331 e. The van der Waals surface area contributed by atoms with Crippen molar-refractivity contribution in [2.45, 2.75) is 62.8 Å². The van der Waals surface area contributed by atoms with Gasteiger partial charge in [0.1, 0.15) is 0 Å². The number of nitrogens with zero attached hydrogens (tertiary/aromatic N) is 1. The Morgan fingerprint density at radius 2 is 1.92 bits per heavy atom. The van der Waals surface area contributed by atoms with Gasteiger partial charge in [0.2, 0.25) is 5.91 Å². The second-order valence-corrected chi connectivity index (χ2v) is 10.5. The Balaban J connectivity index is 2.05. The molecule has 4 nitrogen and oxygen atoms in total. The zero-order chi connectivity index (χ0) is 18.9. The van der Waals surface area contributed by atoms with Crippen LogP contribution in [0.2, 0.25) is 0 Å². The molecule has 0 radical (unpaired) electrons. The Labute approximate surface area is 159 Å². The monoisotopic (exact) mass is 374 g/mol. The normalized spacial score (nSPS) is 28.0. The fraction of sp³-hybridized carbons (Fsp3) is 0.571. The first-order valence-electron chi connectivity index (χ1n) is 9.45. The van der Waals surface area contributed by atoms with Gasteiger partial charge in [0.25, 0.3) is 0 Å². The molecule has 1 saturated carbocycles. The highest BCUT2D eigenvalue weighted by Gasteiger charge is 2.55. The summed E-state index contributed by atoms with van der Waals surface area (Å²) in [6, 6.07) is 9.99. The lowest BCUT2D eigenvalue weighted by atomic mass is 9.65. The van der Waals surface area contributed by atoms with Crippen molar-refractivity contribution in [2.75, 3.05) is 6.54 Å². The van der Waals surface area contributed by atoms with Crippen molar-refractivity contribution in [3.05, 3.63) is 48.6 Å². The third-order valence-corrected chi connectivity index (χ3v) is 7.33. The third-order valence-electron chi connectivity index (χ3n) is 5.77. The SMILES string of the molecule is C=CCN1C(=O)C2CCC1([C@H](N[S@](=O)C(C)(C)C)c1ccccc1)CC2. The molecule has 1 aromatic rings. The maximum Gasteiger partial charge on any atom is 0.226 e. The minimum absolute atomic E-state index is 0.140. The number of hydrogen-bond acceptors (Lipinski definition) is 2. The van der Waals surface area contributed by atoms with Crippen LogP contribution in [0.25, 0.3) is 0 Å². The fourth-order valence-corrected chi connectivity index (χ4v) is 5.26. The van der Waals surface area contributed by atoms with Gasteiger partial charge in [-0.3, -0.25) is 4.79 Å². The van der Waals surface area contributed by atoms with Crippen molar-refractivity contribution < 1.29 is 9.00 Å². The Morgan fingerprint density at radius 3 is 2.46 bits per heavy atom. The average molecular weight is 375 g/mol. The summed E-state index contributed by atoms with van der Waals surface area (Å²) in [4.78, 5) is 15.0. The maximum absolute atomic E-state index is 13.0. The molecule has 5 heteroatoms. The molecule has 2 atom stereocenters. The predicted octanol–water partition coefficient (Wildman–Crippen LogP) is 3.74. The van der Waals surface area contributed by atoms with E-state index < -0.39 is 11.0 Å². The molecule has 26 heavy (non-hydrogen) atoms. The highest BCUT2D eigenvalue weighted by Crippen LogP contribution is 2.50. The molecular weight excluding hydrogens is 344 g/mol. The van der Waals surface area contributed by atoms with Crippen molar-refractivity contribution in [1.82, 2.24) is 9.62 Å². The molecule has 2 saturated heterocycles. The standard InChI is InChI=1S/C21H30N2O2S/c1-5-15-23-19(24)17-11-13-21(23,14-12-17)18(16-9-7-6-8-10-16)22-26(25)20(2,3)4/h5-10,17-18,22H,1,11-15H2,2-4H3/t17?,18-,21?,26-/m1/s1. The van der Waals surface area contributed by atoms with Crippen LogP contribution in [-0.2, 0) is 15.8 Å². The summed E-state index contributed by atoms with van der Waals surface area (Å²) in [7, 11) is -1.22. The van der Waals surface area contributed by atoms with E-state index in [-0.39, 0.29) is 28.2 Å². The Hall–Kier alpha value is -1.46. The summed E-state index contributed by atoms with van der Waals surface area (Å²) in [5.74, 6) is 0.369. The summed E-state index contributed by atoms with van der Waals surface area (Å²) >= 11 is 0. The second kappa shape index (κ2) is 7.28. The van der Waals surface area contributed by atoms with E-state index in [1.54, 1.807) is 0 Å². The van der Waals surface area contributed by atoms with Gasteiger partial charge in [0.15, 0.2) is 0 Å². The lowest BCUT2D eigenvalue weighted by Gasteiger charge is -2.57. The van der Waals surface area contributed by atoms with Crippen molar-refractivity contribution in [3.63, 3.8) is 0 Å². The number of carbonyl (C=O) groups is 1. The number of piperidine rings is 2. The minimum Gasteiger partial charge on any atom is -0.331 e. The molecule has 0 unspecified atom stereocenters. The van der Waals surface area contributed by atoms with Crippen molar-refractivity contribution in [1.29, 1.82) is 0 Å². The van der Waals surface area contributed by atoms with Crippen LogP contribution in [0.4, 0.5) is 0 Å². The molecule has 1 aromatic carbocycles. The molecule has 3 fully saturated rings. The molecule has 1 amide bonds. The van der Waals surface area contributed by atoms with Crippen molar-refractivity contribution in [3.8, 4) is 0 Å². The van der Waals surface area contributed by atoms with Crippen LogP contribution in [-0.4, -0.2) is 31.8 Å². The number of amides is 1. The van der Waals surface area contributed by atoms with Crippen LogP contribution in [0, 0.1) is 5.92 Å². The molecule has 2 bridgehead atoms. The molecule has 2 aliphatic heterocycles. The molecule has 4 rings (SSSR count). The van der Waals surface area contributed by atoms with E-state index in [4.69, 9.17) is 0 Å². The molecule has 0 spiro atoms. The molecular formula is C21H30N2O2S. The van der Waals surface area contributed by atoms with E-state index in [0.717, 1.165) is 31.2 Å². The first-order chi connectivity index (χ1) is 12.3. The van der Waals surface area contributed by atoms with Crippen LogP contribution in [0.15, 0.2) is 43.0 Å². The van der Waals surface area contributed by atoms with Gasteiger partial charge in [-0.05, 0) is 52.0 Å². The number of fused-ring (bicyclic) bond motifs is 3. The van der Waals surface area contributed by atoms with Gasteiger partial charge < -0.3 is 4.90 Å². The van der Waals surface area contributed by atoms with Gasteiger partial charge in [-0.1, -0.05) is 36.4 Å². The summed E-state index contributed by atoms with van der Waals surface area (Å²) < 4.78 is 16.0. The number of carbonyl (C=O) groups excluding carboxylic acids is 1. The van der Waals surface area contributed by atoms with Crippen molar-refractivity contribution in [2.24, 2.45) is 5.92 Å². The van der Waals surface area contributed by atoms with E-state index >= 15 is 0 Å². The lowest BCUT2D eigenvalue weighted by molar-refractivity contribution is -0.157. The zero-order valence-corrected chi connectivity index (χ0v) is 16.8. The number of benzene rings is 1. The number of hydrogen-bond donors (Lipinski definition) is 1. The third kappa shape index (κ3) is 3.39. The van der Waals surface area contributed by atoms with E-state index in [9.17, 15) is 9.00 Å². The highest BCUT2D eigenvalue weighted by molar-refractivity contribution is 7.84. The van der Waals surface area contributed by atoms with Gasteiger partial charge in [-0.25, -0.2) is 8.93 Å². The van der Waals surface area contributed by atoms with Gasteiger partial charge in [0.05, 0.1) is 27.3 Å². The van der Waals surface area contributed by atoms with Crippen molar-refractivity contribution >= 4 is 16.9 Å². The van der Waals surface area contributed by atoms with Crippen LogP contribution in [0.3, 0.4) is 0 Å². The van der Waals surface area contributed by atoms with Crippen LogP contribution >= 0.6 is 0 Å². The zero-order valence-electron chi connectivity index (χ0n) is 16.0. The fourth-order valence-electron chi connectivity index (χ4n) is 4.34. The average Bonchev–Trinajstić information content (AvgIpc) is 2.63. The Kier molecular flexibility index (Phi) is 5.40. The molecule has 0 aromatic heterocycles. The van der Waals surface area contributed by atoms with E-state index in [1.807, 2.05) is 49.9 Å². The topological polar surface area (TPSA) is 49.4 Å². The van der Waals surface area contributed by atoms with Gasteiger partial charge in [0, 0.05) is 12.5 Å². The minimum atomic E-state index is -1.22. The number of nitrogens with one attached hydrogen (secondary N) is 1. The highest BCUT2D eigenvalue weighted by atomic mass is 32.2. The lowest BCUT2D eigenvalue weighted by Crippen LogP contribution is -2.66. The molecule has 1 aliphatic carbocycles. The Bertz CT molecular complexity index is 688. The quantitative estimate of drug-likeness (QED) is 0.771. The van der Waals surface area contributed by atoms with E-state index in [1.165, 1.54) is 0 Å². The summed E-state index contributed by atoms with van der Waals surface area (Å²) in [6.07, 6.45) is 5.51. The van der Waals surface area contributed by atoms with Crippen LogP contribution in [0.1, 0.15) is 58.1 Å². The molecule has 2 heterocycles. The van der Waals surface area contributed by atoms with E-state index in [0.29, 0.717) is 6.54 Å². The van der Waals surface area contributed by atoms with E-state index in [2.05, 4.69) is 23.4 Å².